The summed E-state index contributed by atoms with van der Waals surface area (Å²) in [6, 6.07) is 7.19. The zero-order chi connectivity index (χ0) is 28.4. The van der Waals surface area contributed by atoms with Crippen LogP contribution < -0.4 is 10.1 Å². The van der Waals surface area contributed by atoms with Gasteiger partial charge in [-0.2, -0.15) is 26.3 Å². The van der Waals surface area contributed by atoms with Crippen molar-refractivity contribution < 1.29 is 41.0 Å². The molecule has 0 heterocycles. The van der Waals surface area contributed by atoms with Gasteiger partial charge in [0.2, 0.25) is 0 Å². The summed E-state index contributed by atoms with van der Waals surface area (Å²) in [4.78, 5) is 12.4. The number of ether oxygens (including phenoxy) is 1. The Morgan fingerprint density at radius 1 is 1.03 bits per heavy atom. The Morgan fingerprint density at radius 3 is 2.31 bits per heavy atom. The van der Waals surface area contributed by atoms with Gasteiger partial charge in [-0.05, 0) is 84.7 Å². The molecular formula is C29H33F6NO3. The molecule has 0 aliphatic heterocycles. The molecule has 3 fully saturated rings. The lowest BCUT2D eigenvalue weighted by atomic mass is 9.67. The quantitative estimate of drug-likeness (QED) is 0.357. The molecule has 39 heavy (non-hydrogen) atoms. The summed E-state index contributed by atoms with van der Waals surface area (Å²) >= 11 is 0. The summed E-state index contributed by atoms with van der Waals surface area (Å²) in [7, 11) is 0. The number of carbonyl (C=O) groups is 1. The third kappa shape index (κ3) is 4.76. The smallest absolute Gasteiger partial charge is 0.420 e. The van der Waals surface area contributed by atoms with E-state index in [0.29, 0.717) is 24.3 Å². The van der Waals surface area contributed by atoms with Gasteiger partial charge in [-0.15, -0.1) is 0 Å². The number of aliphatic carboxylic acids is 1. The van der Waals surface area contributed by atoms with E-state index >= 15 is 0 Å². The second kappa shape index (κ2) is 9.56. The highest BCUT2D eigenvalue weighted by atomic mass is 19.4. The van der Waals surface area contributed by atoms with Crippen LogP contribution in [0.25, 0.3) is 10.8 Å². The van der Waals surface area contributed by atoms with Crippen molar-refractivity contribution in [2.75, 3.05) is 0 Å². The predicted octanol–water partition coefficient (Wildman–Crippen LogP) is 7.73. The SMILES string of the molecule is CC1(C)C2CCC1(C(=O)O)C(NCc1ccc3c(C(F)(F)F)c(OC4CCC(C(F)(F)F)CC4)ccc3c1)C2. The lowest BCUT2D eigenvalue weighted by Gasteiger charge is -2.38. The molecule has 0 radical (unpaired) electrons. The Bertz CT molecular complexity index is 1250. The number of carboxylic acids is 1. The Labute approximate surface area is 223 Å². The maximum absolute atomic E-state index is 14.2. The van der Waals surface area contributed by atoms with Gasteiger partial charge < -0.3 is 15.2 Å². The molecule has 0 aromatic heterocycles. The molecule has 2 bridgehead atoms. The summed E-state index contributed by atoms with van der Waals surface area (Å²) in [6.45, 7) is 4.34. The second-order valence-electron chi connectivity index (χ2n) is 12.0. The van der Waals surface area contributed by atoms with Crippen LogP contribution in [-0.2, 0) is 17.5 Å². The Kier molecular flexibility index (Phi) is 6.88. The minimum atomic E-state index is -4.72. The van der Waals surface area contributed by atoms with Gasteiger partial charge in [-0.3, -0.25) is 4.79 Å². The Hall–Kier alpha value is -2.49. The minimum Gasteiger partial charge on any atom is -0.490 e. The largest absolute Gasteiger partial charge is 0.490 e. The number of hydrogen-bond donors (Lipinski definition) is 2. The first-order chi connectivity index (χ1) is 18.1. The topological polar surface area (TPSA) is 58.6 Å². The fraction of sp³-hybridized carbons (Fsp3) is 0.621. The zero-order valence-corrected chi connectivity index (χ0v) is 21.9. The van der Waals surface area contributed by atoms with Crippen molar-refractivity contribution in [3.05, 3.63) is 41.5 Å². The van der Waals surface area contributed by atoms with Gasteiger partial charge in [-0.1, -0.05) is 32.0 Å². The van der Waals surface area contributed by atoms with Crippen molar-refractivity contribution in [2.45, 2.75) is 89.8 Å². The van der Waals surface area contributed by atoms with Crippen LogP contribution in [0.2, 0.25) is 0 Å². The number of alkyl halides is 6. The number of benzene rings is 2. The minimum absolute atomic E-state index is 0.0424. The van der Waals surface area contributed by atoms with Gasteiger partial charge in [0, 0.05) is 12.6 Å². The lowest BCUT2D eigenvalue weighted by Crippen LogP contribution is -2.51. The maximum atomic E-state index is 14.2. The third-order valence-electron chi connectivity index (χ3n) is 9.87. The number of hydrogen-bond acceptors (Lipinski definition) is 3. The van der Waals surface area contributed by atoms with Crippen molar-refractivity contribution in [1.82, 2.24) is 5.32 Å². The van der Waals surface area contributed by atoms with Gasteiger partial charge >= 0.3 is 18.3 Å². The molecule has 3 saturated carbocycles. The molecule has 2 aromatic rings. The first-order valence-corrected chi connectivity index (χ1v) is 13.5. The van der Waals surface area contributed by atoms with Crippen molar-refractivity contribution in [3.8, 4) is 5.75 Å². The molecule has 3 unspecified atom stereocenters. The van der Waals surface area contributed by atoms with Crippen LogP contribution in [0.4, 0.5) is 26.3 Å². The number of rotatable bonds is 6. The van der Waals surface area contributed by atoms with E-state index in [1.165, 1.54) is 18.2 Å². The molecule has 0 spiro atoms. The molecular weight excluding hydrogens is 524 g/mol. The van der Waals surface area contributed by atoms with Crippen molar-refractivity contribution >= 4 is 16.7 Å². The molecule has 3 atom stereocenters. The van der Waals surface area contributed by atoms with Crippen LogP contribution in [0.1, 0.15) is 69.9 Å². The van der Waals surface area contributed by atoms with Crippen LogP contribution >= 0.6 is 0 Å². The number of fused-ring (bicyclic) bond motifs is 3. The fourth-order valence-corrected chi connectivity index (χ4v) is 7.55. The van der Waals surface area contributed by atoms with Crippen molar-refractivity contribution in [3.63, 3.8) is 0 Å². The highest BCUT2D eigenvalue weighted by Crippen LogP contribution is 2.65. The standard InChI is InChI=1S/C29H33F6NO3/c1-26(2)19-11-12-27(26,25(37)38)23(14-19)36-15-16-3-9-21-17(13-16)4-10-22(24(21)29(33,34)35)39-20-7-5-18(6-8-20)28(30,31)32/h3-4,9-10,13,18-20,23,36H,5-8,11-12,14-15H2,1-2H3,(H,37,38). The lowest BCUT2D eigenvalue weighted by molar-refractivity contribution is -0.185. The molecule has 10 heteroatoms. The summed E-state index contributed by atoms with van der Waals surface area (Å²) < 4.78 is 87.1. The van der Waals surface area contributed by atoms with Gasteiger partial charge in [-0.25, -0.2) is 0 Å². The van der Waals surface area contributed by atoms with E-state index in [1.807, 2.05) is 13.8 Å². The van der Waals surface area contributed by atoms with E-state index in [9.17, 15) is 36.2 Å². The van der Waals surface area contributed by atoms with Crippen LogP contribution in [-0.4, -0.2) is 29.4 Å². The van der Waals surface area contributed by atoms with Crippen LogP contribution in [0, 0.1) is 22.7 Å². The molecule has 0 saturated heterocycles. The maximum Gasteiger partial charge on any atom is 0.420 e. The van der Waals surface area contributed by atoms with Crippen LogP contribution in [0.15, 0.2) is 30.3 Å². The molecule has 3 aliphatic rings. The van der Waals surface area contributed by atoms with Gasteiger partial charge in [0.25, 0.3) is 0 Å². The van der Waals surface area contributed by atoms with Crippen molar-refractivity contribution in [1.29, 1.82) is 0 Å². The fourth-order valence-electron chi connectivity index (χ4n) is 7.55. The number of nitrogens with one attached hydrogen (secondary N) is 1. The van der Waals surface area contributed by atoms with Gasteiger partial charge in [0.1, 0.15) is 11.3 Å². The summed E-state index contributed by atoms with van der Waals surface area (Å²) in [5.41, 5.74) is -1.42. The highest BCUT2D eigenvalue weighted by Gasteiger charge is 2.68. The van der Waals surface area contributed by atoms with Gasteiger partial charge in [0.05, 0.1) is 17.4 Å². The molecule has 2 aromatic carbocycles. The van der Waals surface area contributed by atoms with E-state index < -0.39 is 41.3 Å². The summed E-state index contributed by atoms with van der Waals surface area (Å²) in [5.74, 6) is -2.32. The van der Waals surface area contributed by atoms with Gasteiger partial charge in [0.15, 0.2) is 0 Å². The van der Waals surface area contributed by atoms with E-state index in [0.717, 1.165) is 18.4 Å². The van der Waals surface area contributed by atoms with Crippen molar-refractivity contribution in [2.24, 2.45) is 22.7 Å². The summed E-state index contributed by atoms with van der Waals surface area (Å²) in [5, 5.41) is 13.8. The highest BCUT2D eigenvalue weighted by molar-refractivity contribution is 5.89. The molecule has 2 N–H and O–H groups in total. The van der Waals surface area contributed by atoms with E-state index in [-0.39, 0.29) is 48.3 Å². The average Bonchev–Trinajstić information content (AvgIpc) is 3.24. The normalized spacial score (nSPS) is 30.6. The Morgan fingerprint density at radius 2 is 1.72 bits per heavy atom. The van der Waals surface area contributed by atoms with E-state index in [2.05, 4.69) is 5.32 Å². The zero-order valence-electron chi connectivity index (χ0n) is 21.9. The van der Waals surface area contributed by atoms with E-state index in [4.69, 9.17) is 4.74 Å². The number of halogens is 6. The molecule has 0 amide bonds. The monoisotopic (exact) mass is 557 g/mol. The van der Waals surface area contributed by atoms with Crippen LogP contribution in [0.3, 0.4) is 0 Å². The summed E-state index contributed by atoms with van der Waals surface area (Å²) in [6.07, 6.45) is -7.76. The van der Waals surface area contributed by atoms with Crippen LogP contribution in [0.5, 0.6) is 5.75 Å². The second-order valence-corrected chi connectivity index (χ2v) is 12.0. The third-order valence-corrected chi connectivity index (χ3v) is 9.87. The first kappa shape index (κ1) is 28.1. The molecule has 3 aliphatic carbocycles. The van der Waals surface area contributed by atoms with E-state index in [1.54, 1.807) is 12.1 Å². The predicted molar refractivity (Wildman–Crippen MR) is 133 cm³/mol. The molecule has 214 valence electrons. The number of carboxylic acid groups (broad SMARTS) is 1. The molecule has 5 rings (SSSR count). The first-order valence-electron chi connectivity index (χ1n) is 13.5. The Balaban J connectivity index is 1.34. The molecule has 4 nitrogen and oxygen atoms in total. The average molecular weight is 558 g/mol.